The van der Waals surface area contributed by atoms with E-state index in [9.17, 15) is 0 Å². The van der Waals surface area contributed by atoms with Gasteiger partial charge in [0.25, 0.3) is 13.4 Å². The third-order valence-electron chi connectivity index (χ3n) is 11.3. The highest BCUT2D eigenvalue weighted by Crippen LogP contribution is 2.46. The van der Waals surface area contributed by atoms with Crippen molar-refractivity contribution in [3.63, 3.8) is 0 Å². The van der Waals surface area contributed by atoms with Gasteiger partial charge in [-0.1, -0.05) is 42.5 Å². The Bertz CT molecular complexity index is 2470. The average Bonchev–Trinajstić information content (AvgIpc) is 3.15. The maximum Gasteiger partial charge on any atom is 0.270 e. The molecule has 6 nitrogen and oxygen atoms in total. The first-order chi connectivity index (χ1) is 25.2. The highest BCUT2D eigenvalue weighted by atomic mass is 16.5. The van der Waals surface area contributed by atoms with Crippen molar-refractivity contribution >= 4 is 46.2 Å². The van der Waals surface area contributed by atoms with E-state index in [0.29, 0.717) is 0 Å². The van der Waals surface area contributed by atoms with E-state index in [0.717, 1.165) is 130 Å². The zero-order valence-electron chi connectivity index (χ0n) is 27.1. The molecule has 0 aliphatic carbocycles. The predicted molar refractivity (Wildman–Crippen MR) is 198 cm³/mol. The van der Waals surface area contributed by atoms with E-state index in [-0.39, 0.29) is 13.4 Å². The first kappa shape index (κ1) is 26.4. The van der Waals surface area contributed by atoms with Gasteiger partial charge in [-0.05, 0) is 108 Å². The van der Waals surface area contributed by atoms with Crippen LogP contribution in [0.2, 0.25) is 0 Å². The predicted octanol–water partition coefficient (Wildman–Crippen LogP) is 7.00. The largest absolute Gasteiger partial charge is 0.458 e. The topological polar surface area (TPSA) is 55.4 Å². The molecule has 0 fully saturated rings. The zero-order chi connectivity index (χ0) is 33.1. The fourth-order valence-electron chi connectivity index (χ4n) is 9.20. The Hall–Kier alpha value is -6.53. The summed E-state index contributed by atoms with van der Waals surface area (Å²) in [5.41, 5.74) is 11.6. The van der Waals surface area contributed by atoms with Crippen LogP contribution < -0.4 is 61.2 Å². The van der Waals surface area contributed by atoms with Gasteiger partial charge >= 0.3 is 0 Å². The lowest BCUT2D eigenvalue weighted by Gasteiger charge is -2.37. The lowest BCUT2D eigenvalue weighted by atomic mass is 9.34. The van der Waals surface area contributed by atoms with Crippen molar-refractivity contribution in [2.45, 2.75) is 6.92 Å². The highest BCUT2D eigenvalue weighted by Gasteiger charge is 2.48. The number of hydrogen-bond donors (Lipinski definition) is 0. The minimum Gasteiger partial charge on any atom is -0.458 e. The van der Waals surface area contributed by atoms with Crippen molar-refractivity contribution in [1.29, 1.82) is 0 Å². The van der Waals surface area contributed by atoms with Crippen molar-refractivity contribution in [2.75, 3.05) is 0 Å². The molecule has 51 heavy (non-hydrogen) atoms. The van der Waals surface area contributed by atoms with E-state index in [1.54, 1.807) is 0 Å². The van der Waals surface area contributed by atoms with Gasteiger partial charge in [-0.2, -0.15) is 0 Å². The molecular formula is C43H22B2O6. The van der Waals surface area contributed by atoms with Crippen LogP contribution in [-0.4, -0.2) is 13.4 Å². The van der Waals surface area contributed by atoms with Gasteiger partial charge in [0, 0.05) is 32.8 Å². The van der Waals surface area contributed by atoms with Gasteiger partial charge in [0.2, 0.25) is 0 Å². The summed E-state index contributed by atoms with van der Waals surface area (Å²) in [5, 5.41) is 0. The van der Waals surface area contributed by atoms with Crippen LogP contribution in [0.25, 0.3) is 22.3 Å². The lowest BCUT2D eigenvalue weighted by molar-refractivity contribution is 0.442. The Balaban J connectivity index is 0.969. The van der Waals surface area contributed by atoms with Crippen molar-refractivity contribution in [3.05, 3.63) is 121 Å². The molecule has 6 aliphatic heterocycles. The lowest BCUT2D eigenvalue weighted by Crippen LogP contribution is -2.59. The van der Waals surface area contributed by atoms with Crippen LogP contribution in [0, 0.1) is 6.92 Å². The molecule has 0 radical (unpaired) electrons. The molecule has 0 atom stereocenters. The van der Waals surface area contributed by atoms with Crippen molar-refractivity contribution in [3.8, 4) is 91.2 Å². The fraction of sp³-hybridized carbons (Fsp3) is 0.0233. The Kier molecular flexibility index (Phi) is 4.64. The van der Waals surface area contributed by atoms with Gasteiger partial charge in [0.1, 0.15) is 69.0 Å². The summed E-state index contributed by atoms with van der Waals surface area (Å²) in [6.45, 7) is 2.14. The second-order valence-corrected chi connectivity index (χ2v) is 13.9. The molecule has 0 bridgehead atoms. The zero-order valence-corrected chi connectivity index (χ0v) is 27.1. The summed E-state index contributed by atoms with van der Waals surface area (Å²) in [4.78, 5) is 0. The van der Waals surface area contributed by atoms with Crippen molar-refractivity contribution in [1.82, 2.24) is 0 Å². The Labute approximate surface area is 292 Å². The van der Waals surface area contributed by atoms with Crippen LogP contribution in [0.4, 0.5) is 0 Å². The van der Waals surface area contributed by atoms with Gasteiger partial charge in [-0.15, -0.1) is 0 Å². The van der Waals surface area contributed by atoms with E-state index in [1.165, 1.54) is 0 Å². The van der Waals surface area contributed by atoms with Gasteiger partial charge in [-0.25, -0.2) is 0 Å². The van der Waals surface area contributed by atoms with E-state index in [4.69, 9.17) is 28.4 Å². The first-order valence-electron chi connectivity index (χ1n) is 17.2. The maximum absolute atomic E-state index is 6.64. The maximum atomic E-state index is 6.64. The molecule has 0 saturated heterocycles. The standard InChI is InChI=1S/C43H22B2O6/c1-21-24(22-17-34-42-35(18-22)49-31-14-4-10-27-39(31)44(42)38-26(46-27)9-3-13-30(38)48-34)7-2-8-25(21)23-19-36-43-37(20-23)51-33-16-6-12-29-41(33)45(43)40-28(47-29)11-5-15-32(40)50-36/h2-20H,1H3. The van der Waals surface area contributed by atoms with E-state index < -0.39 is 0 Å². The second kappa shape index (κ2) is 8.97. The third kappa shape index (κ3) is 3.26. The molecule has 6 heterocycles. The normalized spacial score (nSPS) is 14.5. The number of benzene rings is 7. The average molecular weight is 656 g/mol. The Morgan fingerprint density at radius 1 is 0.314 bits per heavy atom. The molecule has 0 spiro atoms. The van der Waals surface area contributed by atoms with Crippen LogP contribution in [0.3, 0.4) is 0 Å². The van der Waals surface area contributed by atoms with Gasteiger partial charge in [0.15, 0.2) is 0 Å². The third-order valence-corrected chi connectivity index (χ3v) is 11.3. The van der Waals surface area contributed by atoms with Crippen LogP contribution in [-0.2, 0) is 0 Å². The summed E-state index contributed by atoms with van der Waals surface area (Å²) in [5.74, 6) is 9.79. The van der Waals surface area contributed by atoms with Crippen molar-refractivity contribution in [2.24, 2.45) is 0 Å². The second-order valence-electron chi connectivity index (χ2n) is 13.9. The highest BCUT2D eigenvalue weighted by molar-refractivity contribution is 7.00. The van der Waals surface area contributed by atoms with Crippen LogP contribution in [0.1, 0.15) is 5.56 Å². The molecule has 236 valence electrons. The molecule has 7 aromatic rings. The quantitative estimate of drug-likeness (QED) is 0.187. The molecule has 0 saturated carbocycles. The molecule has 0 unspecified atom stereocenters. The molecular weight excluding hydrogens is 634 g/mol. The van der Waals surface area contributed by atoms with E-state index in [1.807, 2.05) is 72.8 Å². The summed E-state index contributed by atoms with van der Waals surface area (Å²) < 4.78 is 39.2. The Morgan fingerprint density at radius 2 is 0.549 bits per heavy atom. The molecule has 6 aliphatic rings. The molecule has 8 heteroatoms. The molecule has 0 aromatic heterocycles. The monoisotopic (exact) mass is 656 g/mol. The molecule has 7 aromatic carbocycles. The van der Waals surface area contributed by atoms with Gasteiger partial charge < -0.3 is 28.4 Å². The summed E-state index contributed by atoms with van der Waals surface area (Å²) in [6, 6.07) is 39.2. The fourth-order valence-corrected chi connectivity index (χ4v) is 9.20. The molecule has 0 amide bonds. The van der Waals surface area contributed by atoms with Gasteiger partial charge in [0.05, 0.1) is 0 Å². The van der Waals surface area contributed by atoms with E-state index in [2.05, 4.69) is 49.4 Å². The Morgan fingerprint density at radius 3 is 0.843 bits per heavy atom. The minimum atomic E-state index is -0.0178. The van der Waals surface area contributed by atoms with Crippen LogP contribution in [0.5, 0.6) is 69.0 Å². The van der Waals surface area contributed by atoms with Gasteiger partial charge in [-0.3, -0.25) is 0 Å². The SMILES string of the molecule is Cc1c(-c2cc3c4c(c2)Oc2cccc5c2B4c2c(cccc2O3)O5)cccc1-c1cc2c3c(c1)Oc1cccc4c1B3c1c(cccc1O2)O4. The minimum absolute atomic E-state index is 0.0178. The molecule has 0 N–H and O–H groups in total. The first-order valence-corrected chi connectivity index (χ1v) is 17.2. The number of rotatable bonds is 2. The van der Waals surface area contributed by atoms with E-state index >= 15 is 0 Å². The van der Waals surface area contributed by atoms with Crippen LogP contribution in [0.15, 0.2) is 115 Å². The smallest absolute Gasteiger partial charge is 0.270 e. The number of hydrogen-bond acceptors (Lipinski definition) is 6. The summed E-state index contributed by atoms with van der Waals surface area (Å²) >= 11 is 0. The summed E-state index contributed by atoms with van der Waals surface area (Å²) in [6.07, 6.45) is 0. The van der Waals surface area contributed by atoms with Crippen molar-refractivity contribution < 1.29 is 28.4 Å². The molecule has 13 rings (SSSR count). The summed E-state index contributed by atoms with van der Waals surface area (Å²) in [7, 11) is 0. The number of ether oxygens (including phenoxy) is 6. The van der Waals surface area contributed by atoms with Crippen LogP contribution >= 0.6 is 0 Å².